The number of esters is 1. The number of thiazole rings is 1. The van der Waals surface area contributed by atoms with E-state index < -0.39 is 5.97 Å². The number of ether oxygens (including phenoxy) is 1. The molecule has 0 N–H and O–H groups in total. The van der Waals surface area contributed by atoms with Gasteiger partial charge in [-0.05, 0) is 26.1 Å². The van der Waals surface area contributed by atoms with E-state index in [2.05, 4.69) is 11.6 Å². The molecular weight excluding hydrogens is 310 g/mol. The predicted octanol–water partition coefficient (Wildman–Crippen LogP) is 2.13. The summed E-state index contributed by atoms with van der Waals surface area (Å²) in [5.41, 5.74) is 0.225. The minimum Gasteiger partial charge on any atom is -0.462 e. The first kappa shape index (κ1) is 15.6. The van der Waals surface area contributed by atoms with Gasteiger partial charge in [-0.1, -0.05) is 17.4 Å². The van der Waals surface area contributed by atoms with Gasteiger partial charge in [0.25, 0.3) is 5.56 Å². The maximum atomic E-state index is 12.4. The lowest BCUT2D eigenvalue weighted by atomic mass is 10.5. The number of fused-ring (bicyclic) bond motifs is 1. The summed E-state index contributed by atoms with van der Waals surface area (Å²) in [5, 5.41) is 0. The average Bonchev–Trinajstić information content (AvgIpc) is 2.70. The topological polar surface area (TPSA) is 66.1 Å². The number of allylic oxidation sites excluding steroid dienone is 1. The van der Waals surface area contributed by atoms with Crippen LogP contribution in [0.1, 0.15) is 13.8 Å². The van der Waals surface area contributed by atoms with Gasteiger partial charge in [-0.15, -0.1) is 6.58 Å². The predicted molar refractivity (Wildman–Crippen MR) is 84.1 cm³/mol. The molecule has 0 saturated heterocycles. The molecule has 0 fully saturated rings. The van der Waals surface area contributed by atoms with Gasteiger partial charge in [0.1, 0.15) is 17.6 Å². The van der Waals surface area contributed by atoms with E-state index in [0.29, 0.717) is 20.8 Å². The molecule has 0 unspecified atom stereocenters. The van der Waals surface area contributed by atoms with Crippen molar-refractivity contribution in [3.63, 3.8) is 0 Å². The Morgan fingerprint density at radius 1 is 1.62 bits per heavy atom. The van der Waals surface area contributed by atoms with Crippen molar-refractivity contribution in [2.24, 2.45) is 0 Å². The van der Waals surface area contributed by atoms with E-state index in [1.165, 1.54) is 22.2 Å². The van der Waals surface area contributed by atoms with E-state index >= 15 is 0 Å². The molecule has 0 aliphatic heterocycles. The molecule has 0 radical (unpaired) electrons. The van der Waals surface area contributed by atoms with Crippen LogP contribution in [0.4, 0.5) is 0 Å². The molecular formula is C13H15N3O3S2. The van der Waals surface area contributed by atoms with Gasteiger partial charge < -0.3 is 9.30 Å². The number of aromatic nitrogens is 3. The zero-order valence-corrected chi connectivity index (χ0v) is 13.4. The van der Waals surface area contributed by atoms with Crippen molar-refractivity contribution in [3.8, 4) is 0 Å². The van der Waals surface area contributed by atoms with Crippen molar-refractivity contribution in [1.82, 2.24) is 14.1 Å². The Hall–Kier alpha value is -1.80. The minimum absolute atomic E-state index is 0.161. The zero-order chi connectivity index (χ0) is 15.6. The van der Waals surface area contributed by atoms with Gasteiger partial charge in [-0.3, -0.25) is 14.2 Å². The molecule has 2 aromatic rings. The quantitative estimate of drug-likeness (QED) is 0.479. The molecule has 0 atom stereocenters. The minimum atomic E-state index is -0.470. The Balaban J connectivity index is 2.43. The van der Waals surface area contributed by atoms with Crippen molar-refractivity contribution in [2.45, 2.75) is 33.0 Å². The van der Waals surface area contributed by atoms with Crippen molar-refractivity contribution in [2.75, 3.05) is 0 Å². The lowest BCUT2D eigenvalue weighted by Gasteiger charge is -2.09. The van der Waals surface area contributed by atoms with Crippen LogP contribution < -0.4 is 5.56 Å². The highest BCUT2D eigenvalue weighted by atomic mass is 32.1. The van der Waals surface area contributed by atoms with Crippen molar-refractivity contribution >= 4 is 39.9 Å². The van der Waals surface area contributed by atoms with E-state index in [0.717, 1.165) is 0 Å². The maximum absolute atomic E-state index is 12.4. The molecule has 0 aromatic carbocycles. The Bertz CT molecular complexity index is 801. The van der Waals surface area contributed by atoms with Crippen LogP contribution in [0.15, 0.2) is 23.8 Å². The van der Waals surface area contributed by atoms with Gasteiger partial charge in [-0.2, -0.15) is 0 Å². The number of rotatable bonds is 5. The van der Waals surface area contributed by atoms with E-state index in [4.69, 9.17) is 17.0 Å². The summed E-state index contributed by atoms with van der Waals surface area (Å²) < 4.78 is 8.98. The van der Waals surface area contributed by atoms with E-state index in [1.54, 1.807) is 24.5 Å². The van der Waals surface area contributed by atoms with E-state index in [1.807, 2.05) is 0 Å². The molecule has 8 heteroatoms. The van der Waals surface area contributed by atoms with Gasteiger partial charge in [0.05, 0.1) is 6.10 Å². The number of hydrogen-bond donors (Lipinski definition) is 0. The summed E-state index contributed by atoms with van der Waals surface area (Å²) in [4.78, 5) is 28.2. The highest BCUT2D eigenvalue weighted by molar-refractivity contribution is 7.73. The zero-order valence-electron chi connectivity index (χ0n) is 11.7. The Morgan fingerprint density at radius 3 is 2.95 bits per heavy atom. The summed E-state index contributed by atoms with van der Waals surface area (Å²) >= 11 is 6.40. The summed E-state index contributed by atoms with van der Waals surface area (Å²) in [7, 11) is 0. The summed E-state index contributed by atoms with van der Waals surface area (Å²) in [5.74, 6) is -0.470. The van der Waals surface area contributed by atoms with E-state index in [-0.39, 0.29) is 18.2 Å². The molecule has 0 aliphatic rings. The highest BCUT2D eigenvalue weighted by Gasteiger charge is 2.14. The molecule has 0 saturated carbocycles. The lowest BCUT2D eigenvalue weighted by Crippen LogP contribution is -2.26. The molecule has 112 valence electrons. The van der Waals surface area contributed by atoms with Crippen molar-refractivity contribution in [3.05, 3.63) is 33.3 Å². The normalized spacial score (nSPS) is 11.0. The molecule has 21 heavy (non-hydrogen) atoms. The molecule has 0 bridgehead atoms. The summed E-state index contributed by atoms with van der Waals surface area (Å²) in [6.45, 7) is 7.49. The van der Waals surface area contributed by atoms with Crippen LogP contribution in [-0.4, -0.2) is 26.2 Å². The van der Waals surface area contributed by atoms with Gasteiger partial charge in [0, 0.05) is 6.54 Å². The van der Waals surface area contributed by atoms with Crippen molar-refractivity contribution < 1.29 is 9.53 Å². The van der Waals surface area contributed by atoms with Crippen LogP contribution in [0.25, 0.3) is 10.3 Å². The first-order valence-electron chi connectivity index (χ1n) is 6.33. The number of nitrogens with zero attached hydrogens (tertiary/aromatic N) is 3. The van der Waals surface area contributed by atoms with Gasteiger partial charge in [0.15, 0.2) is 9.60 Å². The van der Waals surface area contributed by atoms with Crippen molar-refractivity contribution in [1.29, 1.82) is 0 Å². The fourth-order valence-electron chi connectivity index (χ4n) is 1.81. The molecule has 0 aliphatic carbocycles. The van der Waals surface area contributed by atoms with Gasteiger partial charge >= 0.3 is 5.97 Å². The van der Waals surface area contributed by atoms with Crippen LogP contribution in [0.2, 0.25) is 0 Å². The van der Waals surface area contributed by atoms with E-state index in [9.17, 15) is 9.59 Å². The Labute approximate surface area is 130 Å². The monoisotopic (exact) mass is 325 g/mol. The molecule has 0 spiro atoms. The fourth-order valence-corrected chi connectivity index (χ4v) is 3.13. The van der Waals surface area contributed by atoms with Crippen LogP contribution >= 0.6 is 23.6 Å². The smallest absolute Gasteiger partial charge is 0.326 e. The second-order valence-corrected chi connectivity index (χ2v) is 6.28. The first-order chi connectivity index (χ1) is 9.93. The SMILES string of the molecule is C=CCn1c(=S)sc2c(=O)n(CC(=O)OC(C)C)cnc21. The summed E-state index contributed by atoms with van der Waals surface area (Å²) in [6, 6.07) is 0. The maximum Gasteiger partial charge on any atom is 0.326 e. The second-order valence-electron chi connectivity index (χ2n) is 4.64. The third-order valence-electron chi connectivity index (χ3n) is 2.62. The lowest BCUT2D eigenvalue weighted by molar-refractivity contribution is -0.148. The van der Waals surface area contributed by atoms with Gasteiger partial charge in [-0.25, -0.2) is 4.98 Å². The Morgan fingerprint density at radius 2 is 2.33 bits per heavy atom. The van der Waals surface area contributed by atoms with Crippen LogP contribution in [0, 0.1) is 3.95 Å². The number of hydrogen-bond acceptors (Lipinski definition) is 6. The molecule has 6 nitrogen and oxygen atoms in total. The molecule has 0 amide bonds. The first-order valence-corrected chi connectivity index (χ1v) is 7.55. The number of carbonyl (C=O) groups is 1. The Kier molecular flexibility index (Phi) is 4.69. The highest BCUT2D eigenvalue weighted by Crippen LogP contribution is 2.17. The van der Waals surface area contributed by atoms with Crippen LogP contribution in [0.3, 0.4) is 0 Å². The standard InChI is InChI=1S/C13H15N3O3S2/c1-4-5-16-11-10(21-13(16)20)12(18)15(7-14-11)6-9(17)19-8(2)3/h4,7-8H,1,5-6H2,2-3H3. The molecule has 2 aromatic heterocycles. The molecule has 2 heterocycles. The third kappa shape index (κ3) is 3.27. The van der Waals surface area contributed by atoms with Crippen LogP contribution in [-0.2, 0) is 22.6 Å². The second kappa shape index (κ2) is 6.31. The fraction of sp³-hybridized carbons (Fsp3) is 0.385. The van der Waals surface area contributed by atoms with Crippen LogP contribution in [0.5, 0.6) is 0 Å². The van der Waals surface area contributed by atoms with Gasteiger partial charge in [0.2, 0.25) is 0 Å². The molecule has 2 rings (SSSR count). The third-order valence-corrected chi connectivity index (χ3v) is 4.05. The average molecular weight is 325 g/mol. The summed E-state index contributed by atoms with van der Waals surface area (Å²) in [6.07, 6.45) is 2.81. The number of carbonyl (C=O) groups excluding carboxylic acids is 1. The largest absolute Gasteiger partial charge is 0.462 e.